The number of rotatable bonds is 3. The molecule has 1 aromatic heterocycles. The molecule has 0 aliphatic carbocycles. The molecule has 5 heteroatoms. The van der Waals surface area contributed by atoms with Gasteiger partial charge in [0.15, 0.2) is 0 Å². The lowest BCUT2D eigenvalue weighted by molar-refractivity contribution is 0.406. The molecule has 0 saturated carbocycles. The van der Waals surface area contributed by atoms with Crippen LogP contribution in [0.15, 0.2) is 30.6 Å². The Balaban J connectivity index is 2.60. The molecule has 0 fully saturated rings. The van der Waals surface area contributed by atoms with E-state index in [2.05, 4.69) is 27.7 Å². The molecule has 17 heavy (non-hydrogen) atoms. The second-order valence-corrected chi connectivity index (χ2v) is 5.03. The van der Waals surface area contributed by atoms with Crippen molar-refractivity contribution in [3.05, 3.63) is 39.7 Å². The summed E-state index contributed by atoms with van der Waals surface area (Å²) in [5.74, 6) is 0.794. The first-order valence-electron chi connectivity index (χ1n) is 5.26. The van der Waals surface area contributed by atoms with Crippen LogP contribution >= 0.6 is 22.6 Å². The van der Waals surface area contributed by atoms with Gasteiger partial charge >= 0.3 is 0 Å². The van der Waals surface area contributed by atoms with Gasteiger partial charge in [-0.1, -0.05) is 6.07 Å². The molecule has 0 aliphatic heterocycles. The van der Waals surface area contributed by atoms with E-state index in [9.17, 15) is 0 Å². The van der Waals surface area contributed by atoms with Crippen molar-refractivity contribution in [2.75, 3.05) is 7.11 Å². The molecule has 1 atom stereocenters. The highest BCUT2D eigenvalue weighted by molar-refractivity contribution is 14.1. The van der Waals surface area contributed by atoms with Crippen LogP contribution in [0.1, 0.15) is 18.5 Å². The Morgan fingerprint density at radius 1 is 1.47 bits per heavy atom. The minimum atomic E-state index is -0.108. The van der Waals surface area contributed by atoms with E-state index in [1.165, 1.54) is 0 Å². The van der Waals surface area contributed by atoms with E-state index < -0.39 is 0 Å². The van der Waals surface area contributed by atoms with Crippen LogP contribution in [0, 0.1) is 3.57 Å². The lowest BCUT2D eigenvalue weighted by Crippen LogP contribution is -2.11. The average molecular weight is 343 g/mol. The van der Waals surface area contributed by atoms with Crippen molar-refractivity contribution in [2.45, 2.75) is 13.0 Å². The quantitative estimate of drug-likeness (QED) is 0.872. The Kier molecular flexibility index (Phi) is 3.68. The Morgan fingerprint density at radius 2 is 2.24 bits per heavy atom. The number of nitrogens with two attached hydrogens (primary N) is 1. The summed E-state index contributed by atoms with van der Waals surface area (Å²) in [6.07, 6.45) is 3.77. The molecule has 2 N–H and O–H groups in total. The summed E-state index contributed by atoms with van der Waals surface area (Å²) >= 11 is 2.23. The summed E-state index contributed by atoms with van der Waals surface area (Å²) < 4.78 is 8.26. The van der Waals surface area contributed by atoms with Crippen LogP contribution in [-0.2, 0) is 0 Å². The molecule has 0 bridgehead atoms. The largest absolute Gasteiger partial charge is 0.496 e. The minimum Gasteiger partial charge on any atom is -0.496 e. The third kappa shape index (κ3) is 2.44. The molecule has 0 radical (unpaired) electrons. The van der Waals surface area contributed by atoms with E-state index >= 15 is 0 Å². The minimum absolute atomic E-state index is 0.108. The van der Waals surface area contributed by atoms with Crippen LogP contribution in [0.2, 0.25) is 0 Å². The van der Waals surface area contributed by atoms with Gasteiger partial charge in [0.1, 0.15) is 5.75 Å². The second-order valence-electron chi connectivity index (χ2n) is 3.78. The first-order valence-corrected chi connectivity index (χ1v) is 6.34. The highest BCUT2D eigenvalue weighted by Crippen LogP contribution is 2.29. The summed E-state index contributed by atoms with van der Waals surface area (Å²) in [4.78, 5) is 0. The molecule has 2 aromatic rings. The highest BCUT2D eigenvalue weighted by Gasteiger charge is 2.14. The molecule has 0 unspecified atom stereocenters. The lowest BCUT2D eigenvalue weighted by Gasteiger charge is -2.16. The first-order chi connectivity index (χ1) is 8.13. The van der Waals surface area contributed by atoms with Crippen LogP contribution in [0.4, 0.5) is 0 Å². The van der Waals surface area contributed by atoms with Crippen molar-refractivity contribution in [2.24, 2.45) is 5.73 Å². The summed E-state index contributed by atoms with van der Waals surface area (Å²) in [6, 6.07) is 5.73. The zero-order valence-corrected chi connectivity index (χ0v) is 11.9. The van der Waals surface area contributed by atoms with Gasteiger partial charge in [0, 0.05) is 17.8 Å². The molecule has 1 heterocycles. The lowest BCUT2D eigenvalue weighted by atomic mass is 10.1. The number of ether oxygens (including phenoxy) is 1. The number of methoxy groups -OCH3 is 1. The SMILES string of the molecule is COc1cccc(-n2cc(I)cn2)c1[C@H](C)N. The maximum Gasteiger partial charge on any atom is 0.125 e. The van der Waals surface area contributed by atoms with Crippen molar-refractivity contribution in [1.29, 1.82) is 0 Å². The summed E-state index contributed by atoms with van der Waals surface area (Å²) in [6.45, 7) is 1.94. The summed E-state index contributed by atoms with van der Waals surface area (Å²) in [7, 11) is 1.65. The Morgan fingerprint density at radius 3 is 2.76 bits per heavy atom. The van der Waals surface area contributed by atoms with E-state index in [1.807, 2.05) is 42.2 Å². The van der Waals surface area contributed by atoms with Crippen molar-refractivity contribution in [3.63, 3.8) is 0 Å². The molecule has 4 nitrogen and oxygen atoms in total. The molecular weight excluding hydrogens is 329 g/mol. The second kappa shape index (κ2) is 5.05. The van der Waals surface area contributed by atoms with E-state index in [0.29, 0.717) is 0 Å². The molecule has 0 saturated heterocycles. The van der Waals surface area contributed by atoms with Crippen molar-refractivity contribution < 1.29 is 4.74 Å². The predicted octanol–water partition coefficient (Wildman–Crippen LogP) is 2.51. The number of aromatic nitrogens is 2. The van der Waals surface area contributed by atoms with E-state index in [1.54, 1.807) is 7.11 Å². The maximum absolute atomic E-state index is 6.01. The first kappa shape index (κ1) is 12.4. The fourth-order valence-corrected chi connectivity index (χ4v) is 2.19. The topological polar surface area (TPSA) is 53.1 Å². The number of hydrogen-bond donors (Lipinski definition) is 1. The predicted molar refractivity (Wildman–Crippen MR) is 75.4 cm³/mol. The van der Waals surface area contributed by atoms with Gasteiger partial charge in [-0.3, -0.25) is 0 Å². The van der Waals surface area contributed by atoms with Gasteiger partial charge in [-0.15, -0.1) is 0 Å². The number of nitrogens with zero attached hydrogens (tertiary/aromatic N) is 2. The Bertz CT molecular complexity index is 522. The average Bonchev–Trinajstić information content (AvgIpc) is 2.74. The number of hydrogen-bond acceptors (Lipinski definition) is 3. The zero-order chi connectivity index (χ0) is 12.4. The number of halogens is 1. The summed E-state index contributed by atoms with van der Waals surface area (Å²) in [5, 5.41) is 4.30. The van der Waals surface area contributed by atoms with Crippen molar-refractivity contribution in [1.82, 2.24) is 9.78 Å². The van der Waals surface area contributed by atoms with Gasteiger partial charge in [-0.05, 0) is 41.6 Å². The normalized spacial score (nSPS) is 12.5. The highest BCUT2D eigenvalue weighted by atomic mass is 127. The molecule has 0 aliphatic rings. The third-order valence-electron chi connectivity index (χ3n) is 2.52. The molecule has 0 spiro atoms. The third-order valence-corrected chi connectivity index (χ3v) is 3.07. The fraction of sp³-hybridized carbons (Fsp3) is 0.250. The van der Waals surface area contributed by atoms with Crippen LogP contribution in [-0.4, -0.2) is 16.9 Å². The summed E-state index contributed by atoms with van der Waals surface area (Å²) in [5.41, 5.74) is 7.94. The monoisotopic (exact) mass is 343 g/mol. The van der Waals surface area contributed by atoms with Gasteiger partial charge in [0.25, 0.3) is 0 Å². The number of benzene rings is 1. The Labute approximate surface area is 114 Å². The van der Waals surface area contributed by atoms with E-state index in [4.69, 9.17) is 10.5 Å². The zero-order valence-electron chi connectivity index (χ0n) is 9.72. The van der Waals surface area contributed by atoms with E-state index in [-0.39, 0.29) is 6.04 Å². The standard InChI is InChI=1S/C12H14IN3O/c1-8(14)12-10(4-3-5-11(12)17-2)16-7-9(13)6-15-16/h3-8H,14H2,1-2H3/t8-/m0/s1. The molecule has 1 aromatic carbocycles. The molecule has 0 amide bonds. The van der Waals surface area contributed by atoms with Gasteiger partial charge < -0.3 is 10.5 Å². The van der Waals surface area contributed by atoms with Crippen LogP contribution in [0.3, 0.4) is 0 Å². The smallest absolute Gasteiger partial charge is 0.125 e. The molecule has 90 valence electrons. The van der Waals surface area contributed by atoms with Crippen LogP contribution < -0.4 is 10.5 Å². The van der Waals surface area contributed by atoms with Gasteiger partial charge in [0.2, 0.25) is 0 Å². The molecular formula is C12H14IN3O. The van der Waals surface area contributed by atoms with Crippen LogP contribution in [0.25, 0.3) is 5.69 Å². The van der Waals surface area contributed by atoms with Crippen LogP contribution in [0.5, 0.6) is 5.75 Å². The van der Waals surface area contributed by atoms with Gasteiger partial charge in [-0.25, -0.2) is 4.68 Å². The fourth-order valence-electron chi connectivity index (χ4n) is 1.80. The van der Waals surface area contributed by atoms with Crippen molar-refractivity contribution in [3.8, 4) is 11.4 Å². The van der Waals surface area contributed by atoms with Gasteiger partial charge in [0.05, 0.1) is 22.6 Å². The molecule has 2 rings (SSSR count). The maximum atomic E-state index is 6.01. The van der Waals surface area contributed by atoms with E-state index in [0.717, 1.165) is 20.6 Å². The van der Waals surface area contributed by atoms with Gasteiger partial charge in [-0.2, -0.15) is 5.10 Å². The van der Waals surface area contributed by atoms with Crippen molar-refractivity contribution >= 4 is 22.6 Å². The Hall–Kier alpha value is -1.08.